The van der Waals surface area contributed by atoms with Gasteiger partial charge in [0.25, 0.3) is 0 Å². The van der Waals surface area contributed by atoms with Crippen LogP contribution in [0.15, 0.2) is 11.6 Å². The van der Waals surface area contributed by atoms with E-state index in [1.165, 1.54) is 19.4 Å². The van der Waals surface area contributed by atoms with E-state index >= 15 is 0 Å². The summed E-state index contributed by atoms with van der Waals surface area (Å²) in [6.07, 6.45) is 4.83. The molecule has 2 heterocycles. The molecule has 0 saturated heterocycles. The van der Waals surface area contributed by atoms with Gasteiger partial charge in [0.2, 0.25) is 5.01 Å². The fourth-order valence-corrected chi connectivity index (χ4v) is 2.05. The fourth-order valence-electron chi connectivity index (χ4n) is 1.14. The molecular weight excluding hydrogens is 218 g/mol. The van der Waals surface area contributed by atoms with Crippen LogP contribution in [-0.2, 0) is 13.0 Å². The minimum Gasteiger partial charge on any atom is -0.222 e. The van der Waals surface area contributed by atoms with Gasteiger partial charge in [-0.05, 0) is 0 Å². The molecule has 1 aliphatic rings. The predicted molar refractivity (Wildman–Crippen MR) is 32.8 cm³/mol. The van der Waals surface area contributed by atoms with Gasteiger partial charge in [-0.2, -0.15) is 4.57 Å². The molecule has 0 radical (unpaired) electrons. The van der Waals surface area contributed by atoms with E-state index in [2.05, 4.69) is 16.1 Å². The van der Waals surface area contributed by atoms with Crippen molar-refractivity contribution >= 4 is 11.3 Å². The summed E-state index contributed by atoms with van der Waals surface area (Å²) in [6.45, 7) is 1.25. The lowest BCUT2D eigenvalue weighted by Crippen LogP contribution is -2.68. The Hall–Kier alpha value is -0.240. The molecule has 0 spiro atoms. The third kappa shape index (κ3) is 4.51. The maximum Gasteiger partial charge on any atom is 0.237 e. The lowest BCUT2D eigenvalue weighted by Gasteiger charge is -2.17. The van der Waals surface area contributed by atoms with E-state index in [1.54, 1.807) is 5.01 Å². The highest BCUT2D eigenvalue weighted by Crippen LogP contribution is 2.10. The first kappa shape index (κ1) is 10.8. The maximum atomic E-state index is 8.49. The zero-order chi connectivity index (χ0) is 9.90. The zero-order valence-corrected chi connectivity index (χ0v) is 8.21. The molecule has 1 aromatic rings. The minimum atomic E-state index is -4.94. The van der Waals surface area contributed by atoms with Gasteiger partial charge in [0.05, 0.1) is 5.38 Å². The third-order valence-corrected chi connectivity index (χ3v) is 2.52. The smallest absolute Gasteiger partial charge is 0.222 e. The molecule has 5 nitrogen and oxygen atoms in total. The van der Waals surface area contributed by atoms with Crippen molar-refractivity contribution in [2.75, 3.05) is 0 Å². The molecule has 74 valence electrons. The summed E-state index contributed by atoms with van der Waals surface area (Å²) in [6, 6.07) is 0. The van der Waals surface area contributed by atoms with Crippen LogP contribution in [0.25, 0.3) is 0 Å². The fraction of sp³-hybridized carbons (Fsp3) is 0.500. The Bertz CT molecular complexity index is 247. The molecule has 13 heavy (non-hydrogen) atoms. The lowest BCUT2D eigenvalue weighted by atomic mass is 10.4. The van der Waals surface area contributed by atoms with Gasteiger partial charge in [-0.25, -0.2) is 18.6 Å². The number of hydrogen-bond acceptors (Lipinski definition) is 5. The molecule has 2 rings (SSSR count). The first-order valence-corrected chi connectivity index (χ1v) is 5.66. The number of aryl methyl sites for hydroxylation is 2. The predicted octanol–water partition coefficient (Wildman–Crippen LogP) is -3.77. The van der Waals surface area contributed by atoms with Crippen molar-refractivity contribution in [1.29, 1.82) is 0 Å². The van der Waals surface area contributed by atoms with Crippen LogP contribution in [0.4, 0.5) is 0 Å². The summed E-state index contributed by atoms with van der Waals surface area (Å²) in [5.41, 5.74) is 0. The standard InChI is InChI=1S/C6H8NS.ClHO4/c1-2-6-7(3-1)4-5-8-6;2-1(3,4)5/h4-5H,1-3H2;(H,2,3,4,5)/q+1;/p-1. The van der Waals surface area contributed by atoms with Gasteiger partial charge < -0.3 is 0 Å². The van der Waals surface area contributed by atoms with E-state index in [9.17, 15) is 0 Å². The van der Waals surface area contributed by atoms with Crippen molar-refractivity contribution in [2.24, 2.45) is 0 Å². The highest BCUT2D eigenvalue weighted by atomic mass is 35.7. The number of thiazole rings is 1. The van der Waals surface area contributed by atoms with E-state index < -0.39 is 10.2 Å². The Morgan fingerprint density at radius 2 is 1.92 bits per heavy atom. The molecule has 0 aromatic carbocycles. The molecule has 7 heteroatoms. The Labute approximate surface area is 81.2 Å². The first-order chi connectivity index (χ1) is 5.97. The largest absolute Gasteiger partial charge is 0.237 e. The summed E-state index contributed by atoms with van der Waals surface area (Å²) in [5, 5.41) is 3.71. The van der Waals surface area contributed by atoms with Crippen molar-refractivity contribution in [2.45, 2.75) is 19.4 Å². The van der Waals surface area contributed by atoms with Crippen molar-refractivity contribution in [3.8, 4) is 0 Å². The van der Waals surface area contributed by atoms with Crippen LogP contribution in [0.3, 0.4) is 0 Å². The second kappa shape index (κ2) is 4.32. The van der Waals surface area contributed by atoms with Crippen LogP contribution in [0, 0.1) is 10.2 Å². The second-order valence-corrected chi connectivity index (χ2v) is 4.21. The topological polar surface area (TPSA) is 96.1 Å². The summed E-state index contributed by atoms with van der Waals surface area (Å²) >= 11 is 1.87. The number of rotatable bonds is 0. The van der Waals surface area contributed by atoms with Gasteiger partial charge in [-0.1, -0.05) is 11.3 Å². The van der Waals surface area contributed by atoms with Gasteiger partial charge in [0.15, 0.2) is 6.20 Å². The van der Waals surface area contributed by atoms with E-state index in [4.69, 9.17) is 18.6 Å². The second-order valence-electron chi connectivity index (χ2n) is 2.47. The number of aromatic nitrogens is 1. The Kier molecular flexibility index (Phi) is 3.60. The Morgan fingerprint density at radius 1 is 1.31 bits per heavy atom. The zero-order valence-electron chi connectivity index (χ0n) is 6.64. The summed E-state index contributed by atoms with van der Waals surface area (Å²) in [5.74, 6) is 0. The molecule has 0 aliphatic carbocycles. The maximum absolute atomic E-state index is 8.49. The van der Waals surface area contributed by atoms with Crippen LogP contribution in [0.1, 0.15) is 11.4 Å². The van der Waals surface area contributed by atoms with Crippen molar-refractivity contribution in [3.05, 3.63) is 16.6 Å². The molecule has 1 aromatic heterocycles. The molecular formula is C6H8ClNO4S. The van der Waals surface area contributed by atoms with Crippen LogP contribution in [0.5, 0.6) is 0 Å². The van der Waals surface area contributed by atoms with Crippen molar-refractivity contribution < 1.29 is 33.4 Å². The van der Waals surface area contributed by atoms with Crippen molar-refractivity contribution in [1.82, 2.24) is 0 Å². The highest BCUT2D eigenvalue weighted by Gasteiger charge is 2.18. The van der Waals surface area contributed by atoms with Crippen LogP contribution in [0.2, 0.25) is 0 Å². The number of hydrogen-bond donors (Lipinski definition) is 0. The molecule has 1 aliphatic heterocycles. The molecule has 0 atom stereocenters. The first-order valence-electron chi connectivity index (χ1n) is 3.54. The van der Waals surface area contributed by atoms with Gasteiger partial charge in [0.1, 0.15) is 6.54 Å². The quantitative estimate of drug-likeness (QED) is 0.424. The van der Waals surface area contributed by atoms with Crippen molar-refractivity contribution in [3.63, 3.8) is 0 Å². The average Bonchev–Trinajstić information content (AvgIpc) is 2.36. The number of halogens is 1. The minimum absolute atomic E-state index is 1.25. The summed E-state index contributed by atoms with van der Waals surface area (Å²) < 4.78 is 36.3. The van der Waals surface area contributed by atoms with E-state index in [0.717, 1.165) is 0 Å². The van der Waals surface area contributed by atoms with Crippen LogP contribution >= 0.6 is 11.3 Å². The molecule has 0 unspecified atom stereocenters. The van der Waals surface area contributed by atoms with E-state index in [1.807, 2.05) is 11.3 Å². The van der Waals surface area contributed by atoms with Crippen LogP contribution in [-0.4, -0.2) is 0 Å². The number of fused-ring (bicyclic) bond motifs is 1. The summed E-state index contributed by atoms with van der Waals surface area (Å²) in [4.78, 5) is 0. The normalized spacial score (nSPS) is 14.8. The SMILES string of the molecule is [O-][Cl+3]([O-])([O-])[O-].c1c[n+]2c(s1)CCC2. The Balaban J connectivity index is 0.000000149. The lowest BCUT2D eigenvalue weighted by molar-refractivity contribution is -2.00. The summed E-state index contributed by atoms with van der Waals surface area (Å²) in [7, 11) is -4.94. The van der Waals surface area contributed by atoms with Gasteiger partial charge in [-0.15, -0.1) is 10.2 Å². The van der Waals surface area contributed by atoms with Gasteiger partial charge >= 0.3 is 0 Å². The van der Waals surface area contributed by atoms with E-state index in [-0.39, 0.29) is 0 Å². The number of nitrogens with zero attached hydrogens (tertiary/aromatic N) is 1. The van der Waals surface area contributed by atoms with E-state index in [0.29, 0.717) is 0 Å². The molecule has 0 fully saturated rings. The molecule has 0 bridgehead atoms. The molecule has 0 saturated carbocycles. The third-order valence-electron chi connectivity index (χ3n) is 1.55. The highest BCUT2D eigenvalue weighted by molar-refractivity contribution is 7.09. The molecule has 0 amide bonds. The molecule has 0 N–H and O–H groups in total. The van der Waals surface area contributed by atoms with Gasteiger partial charge in [0, 0.05) is 12.8 Å². The monoisotopic (exact) mass is 225 g/mol. The van der Waals surface area contributed by atoms with Crippen LogP contribution < -0.4 is 23.2 Å². The Morgan fingerprint density at radius 3 is 2.46 bits per heavy atom. The average molecular weight is 226 g/mol. The van der Waals surface area contributed by atoms with Gasteiger partial charge in [-0.3, -0.25) is 0 Å².